The van der Waals surface area contributed by atoms with E-state index in [-0.39, 0.29) is 6.04 Å². The summed E-state index contributed by atoms with van der Waals surface area (Å²) in [6.45, 7) is 8.33. The average Bonchev–Trinajstić information content (AvgIpc) is 3.06. The molecule has 3 rings (SSSR count). The molecule has 0 aliphatic carbocycles. The summed E-state index contributed by atoms with van der Waals surface area (Å²) in [6, 6.07) is 10.9. The number of hydrogen-bond acceptors (Lipinski definition) is 3. The van der Waals surface area contributed by atoms with Gasteiger partial charge < -0.3 is 5.73 Å². The van der Waals surface area contributed by atoms with Gasteiger partial charge in [-0.15, -0.1) is 0 Å². The molecule has 0 bridgehead atoms. The molecule has 0 unspecified atom stereocenters. The van der Waals surface area contributed by atoms with Crippen molar-refractivity contribution in [1.82, 2.24) is 14.7 Å². The second kappa shape index (κ2) is 6.63. The monoisotopic (exact) mass is 298 g/mol. The van der Waals surface area contributed by atoms with E-state index >= 15 is 0 Å². The number of benzene rings is 1. The smallest absolute Gasteiger partial charge is 0.0534 e. The number of aromatic nitrogens is 2. The minimum Gasteiger partial charge on any atom is -0.326 e. The van der Waals surface area contributed by atoms with Crippen molar-refractivity contribution in [2.75, 3.05) is 13.1 Å². The summed E-state index contributed by atoms with van der Waals surface area (Å²) >= 11 is 0. The van der Waals surface area contributed by atoms with Gasteiger partial charge in [-0.2, -0.15) is 5.10 Å². The van der Waals surface area contributed by atoms with Crippen molar-refractivity contribution in [1.29, 1.82) is 0 Å². The highest BCUT2D eigenvalue weighted by molar-refractivity contribution is 5.23. The van der Waals surface area contributed by atoms with Gasteiger partial charge in [-0.05, 0) is 11.5 Å². The van der Waals surface area contributed by atoms with Crippen molar-refractivity contribution in [3.05, 3.63) is 53.9 Å². The van der Waals surface area contributed by atoms with Crippen molar-refractivity contribution in [3.63, 3.8) is 0 Å². The van der Waals surface area contributed by atoms with Gasteiger partial charge in [-0.3, -0.25) is 9.58 Å². The van der Waals surface area contributed by atoms with Gasteiger partial charge in [0.25, 0.3) is 0 Å². The van der Waals surface area contributed by atoms with Gasteiger partial charge in [-0.25, -0.2) is 0 Å². The molecule has 118 valence electrons. The van der Waals surface area contributed by atoms with Crippen LogP contribution in [0.25, 0.3) is 0 Å². The third-order valence-electron chi connectivity index (χ3n) is 4.31. The van der Waals surface area contributed by atoms with Crippen LogP contribution >= 0.6 is 0 Å². The third kappa shape index (κ3) is 3.57. The van der Waals surface area contributed by atoms with Crippen molar-refractivity contribution in [2.45, 2.75) is 38.9 Å². The molecule has 1 aliphatic rings. The van der Waals surface area contributed by atoms with Crippen molar-refractivity contribution in [2.24, 2.45) is 11.7 Å². The van der Waals surface area contributed by atoms with Crippen LogP contribution < -0.4 is 5.73 Å². The lowest BCUT2D eigenvalue weighted by Crippen LogP contribution is -2.28. The fraction of sp³-hybridized carbons (Fsp3) is 0.500. The van der Waals surface area contributed by atoms with Crippen molar-refractivity contribution >= 4 is 0 Å². The standard InChI is InChI=1S/C18H26N4/c1-14(2)9-22-11-15(8-20-22)10-21-12-17(18(19)13-21)16-6-4-3-5-7-16/h3-8,11,14,17-18H,9-10,12-13,19H2,1-2H3/t17-,18+/m0/s1. The molecular formula is C18H26N4. The number of hydrogen-bond donors (Lipinski definition) is 1. The zero-order chi connectivity index (χ0) is 15.5. The molecule has 4 heteroatoms. The molecule has 4 nitrogen and oxygen atoms in total. The van der Waals surface area contributed by atoms with E-state index in [9.17, 15) is 0 Å². The lowest BCUT2D eigenvalue weighted by atomic mass is 9.95. The predicted octanol–water partition coefficient (Wildman–Crippen LogP) is 2.47. The Balaban J connectivity index is 1.61. The molecule has 0 radical (unpaired) electrons. The summed E-state index contributed by atoms with van der Waals surface area (Å²) in [5.74, 6) is 1.06. The van der Waals surface area contributed by atoms with Gasteiger partial charge in [0.05, 0.1) is 6.20 Å². The topological polar surface area (TPSA) is 47.1 Å². The molecule has 22 heavy (non-hydrogen) atoms. The van der Waals surface area contributed by atoms with E-state index in [2.05, 4.69) is 60.4 Å². The van der Waals surface area contributed by atoms with Crippen LogP contribution in [-0.4, -0.2) is 33.8 Å². The normalized spacial score (nSPS) is 22.5. The highest BCUT2D eigenvalue weighted by Crippen LogP contribution is 2.27. The van der Waals surface area contributed by atoms with Crippen LogP contribution in [-0.2, 0) is 13.1 Å². The molecule has 0 spiro atoms. The van der Waals surface area contributed by atoms with Gasteiger partial charge in [-0.1, -0.05) is 44.2 Å². The average molecular weight is 298 g/mol. The molecule has 1 fully saturated rings. The molecule has 1 aromatic carbocycles. The lowest BCUT2D eigenvalue weighted by molar-refractivity contribution is 0.323. The van der Waals surface area contributed by atoms with E-state index in [1.807, 2.05) is 10.9 Å². The second-order valence-corrected chi connectivity index (χ2v) is 6.84. The molecular weight excluding hydrogens is 272 g/mol. The second-order valence-electron chi connectivity index (χ2n) is 6.84. The summed E-state index contributed by atoms with van der Waals surface area (Å²) in [5.41, 5.74) is 9.00. The molecule has 1 saturated heterocycles. The summed E-state index contributed by atoms with van der Waals surface area (Å²) in [5, 5.41) is 4.45. The molecule has 2 aromatic rings. The van der Waals surface area contributed by atoms with Gasteiger partial charge in [0.15, 0.2) is 0 Å². The Bertz CT molecular complexity index is 590. The fourth-order valence-electron chi connectivity index (χ4n) is 3.32. The van der Waals surface area contributed by atoms with E-state index in [1.165, 1.54) is 11.1 Å². The van der Waals surface area contributed by atoms with Crippen LogP contribution in [0.5, 0.6) is 0 Å². The zero-order valence-corrected chi connectivity index (χ0v) is 13.5. The number of nitrogens with two attached hydrogens (primary N) is 1. The Morgan fingerprint density at radius 3 is 2.73 bits per heavy atom. The molecule has 2 N–H and O–H groups in total. The molecule has 0 amide bonds. The Labute approximate surface area is 132 Å². The fourth-order valence-corrected chi connectivity index (χ4v) is 3.32. The first-order valence-corrected chi connectivity index (χ1v) is 8.16. The molecule has 0 saturated carbocycles. The van der Waals surface area contributed by atoms with E-state index in [0.717, 1.165) is 26.2 Å². The van der Waals surface area contributed by atoms with Gasteiger partial charge in [0.2, 0.25) is 0 Å². The minimum atomic E-state index is 0.216. The Hall–Kier alpha value is -1.65. The SMILES string of the molecule is CC(C)Cn1cc(CN2C[C@@H](N)[C@H](c3ccccc3)C2)cn1. The van der Waals surface area contributed by atoms with E-state index in [1.54, 1.807) is 0 Å². The first-order chi connectivity index (χ1) is 10.6. The summed E-state index contributed by atoms with van der Waals surface area (Å²) < 4.78 is 2.05. The predicted molar refractivity (Wildman–Crippen MR) is 89.5 cm³/mol. The number of nitrogens with zero attached hydrogens (tertiary/aromatic N) is 3. The maximum Gasteiger partial charge on any atom is 0.0534 e. The van der Waals surface area contributed by atoms with Gasteiger partial charge in [0, 0.05) is 49.9 Å². The maximum atomic E-state index is 6.36. The van der Waals surface area contributed by atoms with Gasteiger partial charge >= 0.3 is 0 Å². The van der Waals surface area contributed by atoms with Gasteiger partial charge in [0.1, 0.15) is 0 Å². The molecule has 1 aliphatic heterocycles. The van der Waals surface area contributed by atoms with E-state index in [0.29, 0.717) is 11.8 Å². The van der Waals surface area contributed by atoms with Crippen LogP contribution in [0.15, 0.2) is 42.7 Å². The minimum absolute atomic E-state index is 0.216. The Morgan fingerprint density at radius 2 is 2.00 bits per heavy atom. The van der Waals surface area contributed by atoms with Crippen LogP contribution in [0, 0.1) is 5.92 Å². The molecule has 2 heterocycles. The van der Waals surface area contributed by atoms with E-state index in [4.69, 9.17) is 5.73 Å². The van der Waals surface area contributed by atoms with Crippen molar-refractivity contribution < 1.29 is 0 Å². The van der Waals surface area contributed by atoms with E-state index < -0.39 is 0 Å². The highest BCUT2D eigenvalue weighted by Gasteiger charge is 2.31. The van der Waals surface area contributed by atoms with Crippen LogP contribution in [0.2, 0.25) is 0 Å². The largest absolute Gasteiger partial charge is 0.326 e. The molecule has 2 atom stereocenters. The maximum absolute atomic E-state index is 6.36. The Morgan fingerprint density at radius 1 is 1.23 bits per heavy atom. The highest BCUT2D eigenvalue weighted by atomic mass is 15.3. The third-order valence-corrected chi connectivity index (χ3v) is 4.31. The number of likely N-dealkylation sites (tertiary alicyclic amines) is 1. The zero-order valence-electron chi connectivity index (χ0n) is 13.5. The quantitative estimate of drug-likeness (QED) is 0.922. The van der Waals surface area contributed by atoms with Crippen LogP contribution in [0.1, 0.15) is 30.9 Å². The molecule has 1 aromatic heterocycles. The first-order valence-electron chi connectivity index (χ1n) is 8.16. The summed E-state index contributed by atoms with van der Waals surface area (Å²) in [4.78, 5) is 2.44. The first kappa shape index (κ1) is 15.3. The lowest BCUT2D eigenvalue weighted by Gasteiger charge is -2.15. The Kier molecular flexibility index (Phi) is 4.60. The summed E-state index contributed by atoms with van der Waals surface area (Å²) in [6.07, 6.45) is 4.16. The van der Waals surface area contributed by atoms with Crippen LogP contribution in [0.4, 0.5) is 0 Å². The van der Waals surface area contributed by atoms with Crippen molar-refractivity contribution in [3.8, 4) is 0 Å². The van der Waals surface area contributed by atoms with Crippen LogP contribution in [0.3, 0.4) is 0 Å². The summed E-state index contributed by atoms with van der Waals surface area (Å²) in [7, 11) is 0. The number of rotatable bonds is 5.